The van der Waals surface area contributed by atoms with Crippen LogP contribution in [0.5, 0.6) is 0 Å². The van der Waals surface area contributed by atoms with Gasteiger partial charge in [-0.25, -0.2) is 4.39 Å². The Bertz CT molecular complexity index is 986. The van der Waals surface area contributed by atoms with Gasteiger partial charge in [-0.1, -0.05) is 12.1 Å². The van der Waals surface area contributed by atoms with Gasteiger partial charge in [0.15, 0.2) is 11.5 Å². The maximum Gasteiger partial charge on any atom is 0.401 e. The predicted octanol–water partition coefficient (Wildman–Crippen LogP) is 3.00. The van der Waals surface area contributed by atoms with Crippen molar-refractivity contribution in [2.24, 2.45) is 0 Å². The molecule has 2 aromatic heterocycles. The summed E-state index contributed by atoms with van der Waals surface area (Å²) in [5.41, 5.74) is 0.744. The Morgan fingerprint density at radius 1 is 1.07 bits per heavy atom. The number of benzene rings is 1. The highest BCUT2D eigenvalue weighted by molar-refractivity contribution is 5.60. The first-order valence-electron chi connectivity index (χ1n) is 8.85. The summed E-state index contributed by atoms with van der Waals surface area (Å²) in [4.78, 5) is 3.33. The highest BCUT2D eigenvalue weighted by atomic mass is 19.4. The molecule has 0 radical (unpaired) electrons. The molecule has 1 aliphatic rings. The number of anilines is 1. The fourth-order valence-corrected chi connectivity index (χ4v) is 3.43. The first kappa shape index (κ1) is 18.6. The van der Waals surface area contributed by atoms with Gasteiger partial charge < -0.3 is 4.90 Å². The Hall–Kier alpha value is -2.75. The van der Waals surface area contributed by atoms with E-state index in [9.17, 15) is 17.6 Å². The zero-order valence-electron chi connectivity index (χ0n) is 15.1. The van der Waals surface area contributed by atoms with Crippen LogP contribution in [0.1, 0.15) is 6.92 Å². The zero-order valence-corrected chi connectivity index (χ0v) is 15.1. The molecule has 1 aliphatic heterocycles. The van der Waals surface area contributed by atoms with Crippen molar-refractivity contribution in [2.75, 3.05) is 31.1 Å². The van der Waals surface area contributed by atoms with Crippen LogP contribution in [0.25, 0.3) is 17.0 Å². The summed E-state index contributed by atoms with van der Waals surface area (Å²) in [7, 11) is 0. The number of hydrogen-bond acceptors (Lipinski definition) is 5. The number of rotatable bonds is 3. The van der Waals surface area contributed by atoms with E-state index >= 15 is 0 Å². The van der Waals surface area contributed by atoms with Gasteiger partial charge in [-0.05, 0) is 31.2 Å². The zero-order chi connectivity index (χ0) is 19.9. The topological polar surface area (TPSA) is 49.6 Å². The number of fused-ring (bicyclic) bond motifs is 1. The van der Waals surface area contributed by atoms with Gasteiger partial charge in [-0.2, -0.15) is 17.7 Å². The molecular weight excluding hydrogens is 376 g/mol. The van der Waals surface area contributed by atoms with Gasteiger partial charge in [0.1, 0.15) is 11.6 Å². The summed E-state index contributed by atoms with van der Waals surface area (Å²) >= 11 is 0. The highest BCUT2D eigenvalue weighted by Gasteiger charge is 2.35. The van der Waals surface area contributed by atoms with Crippen LogP contribution in [0.2, 0.25) is 0 Å². The standard InChI is InChI=1S/C18H18F4N6/c1-12-10-26(8-9-27(12)11-18(20,21)22)16-7-6-15-23-24-17(28(15)25-16)13-4-2-3-5-14(13)19/h2-7,12H,8-11H2,1H3. The Morgan fingerprint density at radius 3 is 2.57 bits per heavy atom. The molecule has 3 aromatic rings. The van der Waals surface area contributed by atoms with Crippen LogP contribution in [0, 0.1) is 5.82 Å². The van der Waals surface area contributed by atoms with Gasteiger partial charge in [-0.3, -0.25) is 4.90 Å². The minimum atomic E-state index is -4.22. The van der Waals surface area contributed by atoms with E-state index in [2.05, 4.69) is 15.3 Å². The van der Waals surface area contributed by atoms with E-state index in [4.69, 9.17) is 0 Å². The number of aromatic nitrogens is 4. The molecule has 148 valence electrons. The van der Waals surface area contributed by atoms with E-state index in [0.717, 1.165) is 0 Å². The van der Waals surface area contributed by atoms with E-state index < -0.39 is 18.5 Å². The molecule has 0 saturated carbocycles. The van der Waals surface area contributed by atoms with Crippen LogP contribution in [0.3, 0.4) is 0 Å². The molecule has 6 nitrogen and oxygen atoms in total. The minimum absolute atomic E-state index is 0.277. The fourth-order valence-electron chi connectivity index (χ4n) is 3.43. The lowest BCUT2D eigenvalue weighted by molar-refractivity contribution is -0.150. The first-order valence-corrected chi connectivity index (χ1v) is 8.85. The molecular formula is C18H18F4N6. The maximum atomic E-state index is 14.1. The molecule has 0 spiro atoms. The van der Waals surface area contributed by atoms with Gasteiger partial charge in [0, 0.05) is 25.7 Å². The lowest BCUT2D eigenvalue weighted by Crippen LogP contribution is -2.54. The van der Waals surface area contributed by atoms with Crippen molar-refractivity contribution in [1.82, 2.24) is 24.7 Å². The molecule has 10 heteroatoms. The SMILES string of the molecule is CC1CN(c2ccc3nnc(-c4ccccc4F)n3n2)CCN1CC(F)(F)F. The normalized spacial score (nSPS) is 18.8. The molecule has 1 saturated heterocycles. The molecule has 1 atom stereocenters. The van der Waals surface area contributed by atoms with Crippen molar-refractivity contribution >= 4 is 11.5 Å². The minimum Gasteiger partial charge on any atom is -0.352 e. The van der Waals surface area contributed by atoms with Crippen molar-refractivity contribution in [3.63, 3.8) is 0 Å². The summed E-state index contributed by atoms with van der Waals surface area (Å²) in [6, 6.07) is 9.40. The second-order valence-corrected chi connectivity index (χ2v) is 6.85. The molecule has 0 bridgehead atoms. The molecule has 0 N–H and O–H groups in total. The van der Waals surface area contributed by atoms with Crippen LogP contribution >= 0.6 is 0 Å². The van der Waals surface area contributed by atoms with E-state index in [0.29, 0.717) is 24.6 Å². The van der Waals surface area contributed by atoms with Gasteiger partial charge in [0.2, 0.25) is 0 Å². The largest absolute Gasteiger partial charge is 0.401 e. The van der Waals surface area contributed by atoms with Crippen molar-refractivity contribution in [3.05, 3.63) is 42.2 Å². The van der Waals surface area contributed by atoms with Crippen molar-refractivity contribution < 1.29 is 17.6 Å². The van der Waals surface area contributed by atoms with E-state index in [1.165, 1.54) is 15.5 Å². The monoisotopic (exact) mass is 394 g/mol. The smallest absolute Gasteiger partial charge is 0.352 e. The summed E-state index contributed by atoms with van der Waals surface area (Å²) in [5, 5.41) is 12.6. The molecule has 0 aliphatic carbocycles. The third-order valence-electron chi connectivity index (χ3n) is 4.83. The Kier molecular flexibility index (Phi) is 4.66. The van der Waals surface area contributed by atoms with E-state index in [-0.39, 0.29) is 24.0 Å². The van der Waals surface area contributed by atoms with Gasteiger partial charge >= 0.3 is 6.18 Å². The van der Waals surface area contributed by atoms with E-state index in [1.54, 1.807) is 37.3 Å². The number of alkyl halides is 3. The molecule has 28 heavy (non-hydrogen) atoms. The number of piperazine rings is 1. The average molecular weight is 394 g/mol. The number of nitrogens with zero attached hydrogens (tertiary/aromatic N) is 6. The summed E-state index contributed by atoms with van der Waals surface area (Å²) in [6.07, 6.45) is -4.22. The summed E-state index contributed by atoms with van der Waals surface area (Å²) < 4.78 is 53.7. The Labute approximate surface area is 158 Å². The molecule has 4 rings (SSSR count). The lowest BCUT2D eigenvalue weighted by Gasteiger charge is -2.40. The molecule has 1 fully saturated rings. The summed E-state index contributed by atoms with van der Waals surface area (Å²) in [6.45, 7) is 1.95. The van der Waals surface area contributed by atoms with E-state index in [1.807, 2.05) is 4.90 Å². The van der Waals surface area contributed by atoms with Crippen LogP contribution in [-0.2, 0) is 0 Å². The van der Waals surface area contributed by atoms with Crippen LogP contribution < -0.4 is 4.90 Å². The van der Waals surface area contributed by atoms with Crippen molar-refractivity contribution in [2.45, 2.75) is 19.1 Å². The van der Waals surface area contributed by atoms with Gasteiger partial charge in [-0.15, -0.1) is 15.3 Å². The van der Waals surface area contributed by atoms with Crippen molar-refractivity contribution in [1.29, 1.82) is 0 Å². The first-order chi connectivity index (χ1) is 13.3. The van der Waals surface area contributed by atoms with Crippen LogP contribution in [0.4, 0.5) is 23.4 Å². The average Bonchev–Trinajstić information content (AvgIpc) is 3.06. The quantitative estimate of drug-likeness (QED) is 0.640. The number of hydrogen-bond donors (Lipinski definition) is 0. The second kappa shape index (κ2) is 7.01. The molecule has 1 unspecified atom stereocenters. The Balaban J connectivity index is 1.61. The van der Waals surface area contributed by atoms with Crippen LogP contribution in [-0.4, -0.2) is 63.1 Å². The van der Waals surface area contributed by atoms with Crippen molar-refractivity contribution in [3.8, 4) is 11.4 Å². The summed E-state index contributed by atoms with van der Waals surface area (Å²) in [5.74, 6) is 0.431. The molecule has 3 heterocycles. The highest BCUT2D eigenvalue weighted by Crippen LogP contribution is 2.24. The van der Waals surface area contributed by atoms with Gasteiger partial charge in [0.25, 0.3) is 0 Å². The number of halogens is 4. The predicted molar refractivity (Wildman–Crippen MR) is 95.5 cm³/mol. The molecule has 1 aromatic carbocycles. The Morgan fingerprint density at radius 2 is 1.86 bits per heavy atom. The maximum absolute atomic E-state index is 14.1. The van der Waals surface area contributed by atoms with Crippen LogP contribution in [0.15, 0.2) is 36.4 Å². The third-order valence-corrected chi connectivity index (χ3v) is 4.83. The van der Waals surface area contributed by atoms with Gasteiger partial charge in [0.05, 0.1) is 12.1 Å². The second-order valence-electron chi connectivity index (χ2n) is 6.85. The molecule has 0 amide bonds. The third kappa shape index (κ3) is 3.64. The fraction of sp³-hybridized carbons (Fsp3) is 0.389. The lowest BCUT2D eigenvalue weighted by atomic mass is 10.2.